The molecule has 1 amide bonds. The number of halogens is 1. The lowest BCUT2D eigenvalue weighted by atomic mass is 10.1. The molecule has 0 atom stereocenters. The number of nitrogens with one attached hydrogen (secondary N) is 1. The zero-order valence-electron chi connectivity index (χ0n) is 13.5. The Bertz CT molecular complexity index is 920. The van der Waals surface area contributed by atoms with E-state index in [1.54, 1.807) is 36.5 Å². The SMILES string of the molecule is N#Cc1ccc(COc2ccc(C=NN=C3NC(=O)CS3)cc2)c(F)c1. The van der Waals surface area contributed by atoms with Crippen LogP contribution in [0.4, 0.5) is 4.39 Å². The van der Waals surface area contributed by atoms with Gasteiger partial charge < -0.3 is 10.1 Å². The molecule has 0 saturated carbocycles. The fourth-order valence-electron chi connectivity index (χ4n) is 2.07. The molecule has 2 aromatic rings. The van der Waals surface area contributed by atoms with Crippen LogP contribution in [-0.2, 0) is 11.4 Å². The van der Waals surface area contributed by atoms with Crippen LogP contribution < -0.4 is 10.1 Å². The van der Waals surface area contributed by atoms with Crippen LogP contribution in [0.2, 0.25) is 0 Å². The Morgan fingerprint density at radius 2 is 2.12 bits per heavy atom. The molecule has 0 radical (unpaired) electrons. The molecule has 26 heavy (non-hydrogen) atoms. The molecule has 6 nitrogen and oxygen atoms in total. The van der Waals surface area contributed by atoms with Crippen molar-refractivity contribution in [3.63, 3.8) is 0 Å². The van der Waals surface area contributed by atoms with Gasteiger partial charge in [-0.1, -0.05) is 17.8 Å². The molecule has 1 heterocycles. The van der Waals surface area contributed by atoms with Crippen molar-refractivity contribution >= 4 is 29.1 Å². The van der Waals surface area contributed by atoms with E-state index < -0.39 is 5.82 Å². The zero-order chi connectivity index (χ0) is 18.4. The quantitative estimate of drug-likeness (QED) is 0.649. The highest BCUT2D eigenvalue weighted by atomic mass is 32.2. The molecule has 0 aliphatic carbocycles. The van der Waals surface area contributed by atoms with Crippen molar-refractivity contribution in [2.75, 3.05) is 5.75 Å². The van der Waals surface area contributed by atoms with Gasteiger partial charge >= 0.3 is 0 Å². The maximum Gasteiger partial charge on any atom is 0.236 e. The molecule has 1 N–H and O–H groups in total. The van der Waals surface area contributed by atoms with Crippen LogP contribution in [-0.4, -0.2) is 23.0 Å². The Morgan fingerprint density at radius 3 is 2.77 bits per heavy atom. The molecule has 0 bridgehead atoms. The topological polar surface area (TPSA) is 86.8 Å². The largest absolute Gasteiger partial charge is 0.489 e. The number of hydrogen-bond donors (Lipinski definition) is 1. The number of hydrogen-bond acceptors (Lipinski definition) is 6. The predicted molar refractivity (Wildman–Crippen MR) is 97.5 cm³/mol. The van der Waals surface area contributed by atoms with Crippen LogP contribution >= 0.6 is 11.8 Å². The molecule has 3 rings (SSSR count). The van der Waals surface area contributed by atoms with Gasteiger partial charge in [0, 0.05) is 5.56 Å². The molecule has 1 aliphatic heterocycles. The maximum absolute atomic E-state index is 13.8. The minimum absolute atomic E-state index is 0.0650. The first kappa shape index (κ1) is 17.6. The second-order valence-electron chi connectivity index (χ2n) is 5.26. The monoisotopic (exact) mass is 368 g/mol. The molecule has 1 fully saturated rings. The lowest BCUT2D eigenvalue weighted by molar-refractivity contribution is -0.116. The summed E-state index contributed by atoms with van der Waals surface area (Å²) in [6.07, 6.45) is 1.56. The molecule has 8 heteroatoms. The van der Waals surface area contributed by atoms with E-state index in [-0.39, 0.29) is 18.1 Å². The molecular formula is C18H13FN4O2S. The number of rotatable bonds is 5. The molecule has 1 aliphatic rings. The van der Waals surface area contributed by atoms with Gasteiger partial charge in [-0.2, -0.15) is 10.4 Å². The van der Waals surface area contributed by atoms with E-state index in [2.05, 4.69) is 15.5 Å². The second-order valence-corrected chi connectivity index (χ2v) is 6.23. The van der Waals surface area contributed by atoms with Crippen LogP contribution in [0, 0.1) is 17.1 Å². The van der Waals surface area contributed by atoms with Crippen molar-refractivity contribution < 1.29 is 13.9 Å². The molecule has 1 saturated heterocycles. The van der Waals surface area contributed by atoms with Crippen LogP contribution in [0.5, 0.6) is 5.75 Å². The molecule has 0 unspecified atom stereocenters. The summed E-state index contributed by atoms with van der Waals surface area (Å²) < 4.78 is 19.4. The van der Waals surface area contributed by atoms with Gasteiger partial charge in [-0.15, -0.1) is 5.10 Å². The molecule has 0 spiro atoms. The summed E-state index contributed by atoms with van der Waals surface area (Å²) in [6.45, 7) is 0.0650. The first-order valence-electron chi connectivity index (χ1n) is 7.59. The van der Waals surface area contributed by atoms with E-state index in [9.17, 15) is 9.18 Å². The summed E-state index contributed by atoms with van der Waals surface area (Å²) in [6, 6.07) is 13.2. The van der Waals surface area contributed by atoms with Crippen molar-refractivity contribution in [3.8, 4) is 11.8 Å². The highest BCUT2D eigenvalue weighted by Crippen LogP contribution is 2.16. The number of nitrogens with zero attached hydrogens (tertiary/aromatic N) is 3. The Kier molecular flexibility index (Phi) is 5.61. The highest BCUT2D eigenvalue weighted by molar-refractivity contribution is 8.15. The van der Waals surface area contributed by atoms with E-state index >= 15 is 0 Å². The summed E-state index contributed by atoms with van der Waals surface area (Å²) in [5, 5.41) is 19.6. The van der Waals surface area contributed by atoms with Crippen LogP contribution in [0.15, 0.2) is 52.7 Å². The van der Waals surface area contributed by atoms with Gasteiger partial charge in [0.25, 0.3) is 0 Å². The summed E-state index contributed by atoms with van der Waals surface area (Å²) in [5.41, 5.74) is 1.45. The number of carbonyl (C=O) groups excluding carboxylic acids is 1. The summed E-state index contributed by atoms with van der Waals surface area (Å²) in [7, 11) is 0. The molecule has 130 valence electrons. The summed E-state index contributed by atoms with van der Waals surface area (Å²) in [5.74, 6) is 0.393. The number of thioether (sulfide) groups is 1. The number of amides is 1. The van der Waals surface area contributed by atoms with Gasteiger partial charge in [-0.25, -0.2) is 4.39 Å². The number of amidine groups is 1. The zero-order valence-corrected chi connectivity index (χ0v) is 14.3. The minimum atomic E-state index is -0.469. The number of carbonyl (C=O) groups is 1. The predicted octanol–water partition coefficient (Wildman–Crippen LogP) is 2.83. The Labute approximate surface area is 153 Å². The number of nitriles is 1. The van der Waals surface area contributed by atoms with Crippen LogP contribution in [0.25, 0.3) is 0 Å². The van der Waals surface area contributed by atoms with Gasteiger partial charge in [-0.05, 0) is 42.0 Å². The average Bonchev–Trinajstić information content (AvgIpc) is 3.07. The second kappa shape index (κ2) is 8.27. The van der Waals surface area contributed by atoms with Crippen molar-refractivity contribution in [2.24, 2.45) is 10.2 Å². The fourth-order valence-corrected chi connectivity index (χ4v) is 2.70. The van der Waals surface area contributed by atoms with Gasteiger partial charge in [0.1, 0.15) is 18.2 Å². The highest BCUT2D eigenvalue weighted by Gasteiger charge is 2.15. The molecule has 0 aromatic heterocycles. The van der Waals surface area contributed by atoms with Crippen LogP contribution in [0.3, 0.4) is 0 Å². The Balaban J connectivity index is 1.56. The van der Waals surface area contributed by atoms with E-state index in [1.807, 2.05) is 6.07 Å². The van der Waals surface area contributed by atoms with E-state index in [0.29, 0.717) is 22.2 Å². The van der Waals surface area contributed by atoms with E-state index in [4.69, 9.17) is 10.00 Å². The third-order valence-corrected chi connectivity index (χ3v) is 4.26. The standard InChI is InChI=1S/C18H13FN4O2S/c19-16-7-13(8-20)1-4-14(16)10-25-15-5-2-12(3-6-15)9-21-23-18-22-17(24)11-26-18/h1-7,9H,10-11H2,(H,22,23,24). The van der Waals surface area contributed by atoms with Crippen LogP contribution in [0.1, 0.15) is 16.7 Å². The average molecular weight is 368 g/mol. The maximum atomic E-state index is 13.8. The minimum Gasteiger partial charge on any atom is -0.489 e. The third kappa shape index (κ3) is 4.68. The van der Waals surface area contributed by atoms with Gasteiger partial charge in [0.05, 0.1) is 23.6 Å². The first-order chi connectivity index (χ1) is 12.6. The number of ether oxygens (including phenoxy) is 1. The van der Waals surface area contributed by atoms with Gasteiger partial charge in [0.15, 0.2) is 5.17 Å². The van der Waals surface area contributed by atoms with E-state index in [0.717, 1.165) is 5.56 Å². The Morgan fingerprint density at radius 1 is 1.31 bits per heavy atom. The fraction of sp³-hybridized carbons (Fsp3) is 0.111. The Hall–Kier alpha value is -3.18. The van der Waals surface area contributed by atoms with Crippen molar-refractivity contribution in [1.29, 1.82) is 5.26 Å². The molecule has 2 aromatic carbocycles. The summed E-state index contributed by atoms with van der Waals surface area (Å²) >= 11 is 1.30. The normalized spacial score (nSPS) is 15.2. The first-order valence-corrected chi connectivity index (χ1v) is 8.57. The van der Waals surface area contributed by atoms with Crippen molar-refractivity contribution in [1.82, 2.24) is 5.32 Å². The van der Waals surface area contributed by atoms with E-state index in [1.165, 1.54) is 23.9 Å². The molecular weight excluding hydrogens is 355 g/mol. The third-order valence-electron chi connectivity index (χ3n) is 3.40. The lowest BCUT2D eigenvalue weighted by Crippen LogP contribution is -2.19. The van der Waals surface area contributed by atoms with Gasteiger partial charge in [-0.3, -0.25) is 4.79 Å². The van der Waals surface area contributed by atoms with Crippen molar-refractivity contribution in [2.45, 2.75) is 6.61 Å². The van der Waals surface area contributed by atoms with Gasteiger partial charge in [0.2, 0.25) is 5.91 Å². The summed E-state index contributed by atoms with van der Waals surface area (Å²) in [4.78, 5) is 11.0. The number of benzene rings is 2. The van der Waals surface area contributed by atoms with Crippen molar-refractivity contribution in [3.05, 3.63) is 65.0 Å². The lowest BCUT2D eigenvalue weighted by Gasteiger charge is -2.07. The smallest absolute Gasteiger partial charge is 0.236 e.